The van der Waals surface area contributed by atoms with Gasteiger partial charge in [0.05, 0.1) is 12.8 Å². The summed E-state index contributed by atoms with van der Waals surface area (Å²) in [7, 11) is 4.41. The van der Waals surface area contributed by atoms with Crippen LogP contribution in [0.25, 0.3) is 33.9 Å². The maximum Gasteiger partial charge on any atom is 0.573 e. The highest BCUT2D eigenvalue weighted by Crippen LogP contribution is 2.32. The smallest absolute Gasteiger partial charge is 0.497 e. The Bertz CT molecular complexity index is 1710. The van der Waals surface area contributed by atoms with Crippen molar-refractivity contribution in [3.8, 4) is 28.4 Å². The molecule has 0 aliphatic heterocycles. The molecule has 3 aromatic heterocycles. The number of ether oxygens (including phenoxy) is 2. The molecule has 0 unspecified atom stereocenters. The van der Waals surface area contributed by atoms with Crippen LogP contribution in [0.3, 0.4) is 0 Å². The Hall–Kier alpha value is -4.48. The molecule has 0 saturated carbocycles. The highest BCUT2D eigenvalue weighted by atomic mass is 19.4. The maximum atomic E-state index is 13.0. The molecule has 0 aliphatic rings. The van der Waals surface area contributed by atoms with E-state index in [-0.39, 0.29) is 16.9 Å². The van der Waals surface area contributed by atoms with Crippen LogP contribution in [0.2, 0.25) is 0 Å². The van der Waals surface area contributed by atoms with E-state index in [0.717, 1.165) is 4.57 Å². The van der Waals surface area contributed by atoms with Crippen molar-refractivity contribution in [1.29, 1.82) is 0 Å². The largest absolute Gasteiger partial charge is 0.573 e. The number of hydrogen-bond donors (Lipinski definition) is 0. The fourth-order valence-electron chi connectivity index (χ4n) is 4.01. The minimum Gasteiger partial charge on any atom is -0.497 e. The summed E-state index contributed by atoms with van der Waals surface area (Å²) < 4.78 is 52.7. The Labute approximate surface area is 194 Å². The lowest BCUT2D eigenvalue weighted by Gasteiger charge is -2.12. The van der Waals surface area contributed by atoms with Crippen LogP contribution in [-0.4, -0.2) is 36.6 Å². The van der Waals surface area contributed by atoms with Gasteiger partial charge in [0.2, 0.25) is 5.78 Å². The molecule has 0 saturated heterocycles. The fraction of sp³-hybridized carbons (Fsp3) is 0.174. The topological polar surface area (TPSA) is 84.7 Å². The Morgan fingerprint density at radius 2 is 1.66 bits per heavy atom. The number of alkyl halides is 3. The van der Waals surface area contributed by atoms with E-state index in [2.05, 4.69) is 9.72 Å². The second-order valence-corrected chi connectivity index (χ2v) is 7.78. The van der Waals surface area contributed by atoms with E-state index < -0.39 is 17.6 Å². The SMILES string of the molecule is COc1cccc(-c2cn3c4c(=O)n(C)c(=O)n(C)c4nc3n2-c2ccc(OC(F)(F)F)cc2)c1. The van der Waals surface area contributed by atoms with E-state index in [9.17, 15) is 22.8 Å². The van der Waals surface area contributed by atoms with Crippen molar-refractivity contribution in [2.75, 3.05) is 7.11 Å². The summed E-state index contributed by atoms with van der Waals surface area (Å²) in [4.78, 5) is 30.0. The predicted octanol–water partition coefficient (Wildman–Crippen LogP) is 3.25. The Balaban J connectivity index is 1.83. The Morgan fingerprint density at radius 3 is 2.31 bits per heavy atom. The van der Waals surface area contributed by atoms with E-state index >= 15 is 0 Å². The number of nitrogens with zero attached hydrogens (tertiary/aromatic N) is 5. The number of fused-ring (bicyclic) bond motifs is 3. The van der Waals surface area contributed by atoms with Gasteiger partial charge in [0.25, 0.3) is 5.56 Å². The van der Waals surface area contributed by atoms with Crippen LogP contribution in [0.15, 0.2) is 64.3 Å². The van der Waals surface area contributed by atoms with Gasteiger partial charge in [0.1, 0.15) is 11.5 Å². The molecule has 0 atom stereocenters. The second kappa shape index (κ2) is 7.79. The van der Waals surface area contributed by atoms with Gasteiger partial charge in [-0.05, 0) is 36.4 Å². The number of rotatable bonds is 4. The van der Waals surface area contributed by atoms with Gasteiger partial charge in [0.15, 0.2) is 11.2 Å². The van der Waals surface area contributed by atoms with Crippen LogP contribution in [0.1, 0.15) is 0 Å². The Morgan fingerprint density at radius 1 is 0.943 bits per heavy atom. The zero-order valence-electron chi connectivity index (χ0n) is 18.7. The van der Waals surface area contributed by atoms with Crippen LogP contribution in [0.5, 0.6) is 11.5 Å². The molecule has 0 spiro atoms. The number of aryl methyl sites for hydroxylation is 1. The first kappa shape index (κ1) is 22.3. The van der Waals surface area contributed by atoms with Crippen molar-refractivity contribution in [3.05, 3.63) is 75.6 Å². The average molecular weight is 485 g/mol. The van der Waals surface area contributed by atoms with E-state index in [1.165, 1.54) is 50.0 Å². The van der Waals surface area contributed by atoms with E-state index in [4.69, 9.17) is 4.74 Å². The van der Waals surface area contributed by atoms with Gasteiger partial charge in [-0.25, -0.2) is 4.79 Å². The van der Waals surface area contributed by atoms with Crippen LogP contribution in [0.4, 0.5) is 13.2 Å². The molecule has 9 nitrogen and oxygen atoms in total. The third-order valence-electron chi connectivity index (χ3n) is 5.66. The zero-order valence-corrected chi connectivity index (χ0v) is 18.7. The number of benzene rings is 2. The van der Waals surface area contributed by atoms with Crippen LogP contribution < -0.4 is 20.7 Å². The molecule has 0 fully saturated rings. The molecular weight excluding hydrogens is 467 g/mol. The minimum absolute atomic E-state index is 0.177. The molecule has 0 bridgehead atoms. The normalized spacial score (nSPS) is 11.9. The molecule has 0 aliphatic carbocycles. The minimum atomic E-state index is -4.82. The molecule has 3 heterocycles. The molecule has 35 heavy (non-hydrogen) atoms. The molecule has 2 aromatic carbocycles. The summed E-state index contributed by atoms with van der Waals surface area (Å²) in [5.74, 6) is 0.503. The maximum absolute atomic E-state index is 13.0. The van der Waals surface area contributed by atoms with Crippen molar-refractivity contribution in [2.24, 2.45) is 14.1 Å². The summed E-state index contributed by atoms with van der Waals surface area (Å²) in [6.07, 6.45) is -3.13. The van der Waals surface area contributed by atoms with E-state index in [1.54, 1.807) is 33.4 Å². The summed E-state index contributed by atoms with van der Waals surface area (Å²) >= 11 is 0. The molecule has 5 rings (SSSR count). The Kier molecular flexibility index (Phi) is 4.97. The van der Waals surface area contributed by atoms with Crippen molar-refractivity contribution in [3.63, 3.8) is 0 Å². The third kappa shape index (κ3) is 3.63. The van der Waals surface area contributed by atoms with Crippen molar-refractivity contribution >= 4 is 16.9 Å². The molecule has 180 valence electrons. The highest BCUT2D eigenvalue weighted by molar-refractivity contribution is 5.79. The van der Waals surface area contributed by atoms with Gasteiger partial charge in [0, 0.05) is 31.5 Å². The van der Waals surface area contributed by atoms with E-state index in [1.807, 2.05) is 6.07 Å². The average Bonchev–Trinajstić information content (AvgIpc) is 3.37. The molecule has 12 heteroatoms. The van der Waals surface area contributed by atoms with Crippen LogP contribution in [-0.2, 0) is 14.1 Å². The number of aromatic nitrogens is 5. The number of hydrogen-bond acceptors (Lipinski definition) is 5. The fourth-order valence-corrected chi connectivity index (χ4v) is 4.01. The summed E-state index contributed by atoms with van der Waals surface area (Å²) in [5, 5.41) is 0. The molecule has 0 amide bonds. The quantitative estimate of drug-likeness (QED) is 0.390. The van der Waals surface area contributed by atoms with Gasteiger partial charge < -0.3 is 9.47 Å². The number of methoxy groups -OCH3 is 1. The monoisotopic (exact) mass is 485 g/mol. The van der Waals surface area contributed by atoms with Gasteiger partial charge in [-0.2, -0.15) is 4.98 Å². The highest BCUT2D eigenvalue weighted by Gasteiger charge is 2.31. The first-order chi connectivity index (χ1) is 16.6. The van der Waals surface area contributed by atoms with Crippen molar-refractivity contribution in [1.82, 2.24) is 23.1 Å². The van der Waals surface area contributed by atoms with Crippen LogP contribution >= 0.6 is 0 Å². The molecule has 5 aromatic rings. The summed E-state index contributed by atoms with van der Waals surface area (Å²) in [5.41, 5.74) is 1.06. The first-order valence-corrected chi connectivity index (χ1v) is 10.3. The van der Waals surface area contributed by atoms with Gasteiger partial charge in [-0.15, -0.1) is 13.2 Å². The summed E-state index contributed by atoms with van der Waals surface area (Å²) in [6.45, 7) is 0. The van der Waals surface area contributed by atoms with Gasteiger partial charge >= 0.3 is 12.1 Å². The molecule has 0 N–H and O–H groups in total. The lowest BCUT2D eigenvalue weighted by atomic mass is 10.1. The lowest BCUT2D eigenvalue weighted by molar-refractivity contribution is -0.274. The van der Waals surface area contributed by atoms with Gasteiger partial charge in [-0.3, -0.25) is 22.9 Å². The number of imidazole rings is 2. The second-order valence-electron chi connectivity index (χ2n) is 7.78. The van der Waals surface area contributed by atoms with Crippen molar-refractivity contribution in [2.45, 2.75) is 6.36 Å². The predicted molar refractivity (Wildman–Crippen MR) is 121 cm³/mol. The van der Waals surface area contributed by atoms with E-state index in [0.29, 0.717) is 28.5 Å². The number of halogens is 3. The molecular formula is C23H18F3N5O4. The summed E-state index contributed by atoms with van der Waals surface area (Å²) in [6, 6.07) is 12.4. The third-order valence-corrected chi connectivity index (χ3v) is 5.66. The first-order valence-electron chi connectivity index (χ1n) is 10.3. The molecule has 0 radical (unpaired) electrons. The zero-order chi connectivity index (χ0) is 25.1. The van der Waals surface area contributed by atoms with Crippen LogP contribution in [0, 0.1) is 0 Å². The lowest BCUT2D eigenvalue weighted by Crippen LogP contribution is -2.37. The standard InChI is InChI=1S/C23H18F3N5O4/c1-28-19-18(20(32)29(2)22(28)33)30-12-17(13-5-4-6-16(11-13)34-3)31(21(30)27-19)14-7-9-15(10-8-14)35-23(24,25)26/h4-12H,1-3H3. The van der Waals surface area contributed by atoms with Gasteiger partial charge in [-0.1, -0.05) is 12.1 Å². The van der Waals surface area contributed by atoms with Crippen molar-refractivity contribution < 1.29 is 22.6 Å².